The molecule has 3 heteroatoms. The van der Waals surface area contributed by atoms with Crippen LogP contribution < -0.4 is 5.73 Å². The number of aliphatic hydroxyl groups excluding tert-OH is 1. The van der Waals surface area contributed by atoms with Crippen LogP contribution in [0.15, 0.2) is 0 Å². The topological polar surface area (TPSA) is 46.2 Å². The minimum atomic E-state index is -0.231. The summed E-state index contributed by atoms with van der Waals surface area (Å²) >= 11 is 0. The van der Waals surface area contributed by atoms with E-state index in [1.165, 1.54) is 0 Å². The zero-order valence-corrected chi connectivity index (χ0v) is 3.59. The van der Waals surface area contributed by atoms with Gasteiger partial charge in [0, 0.05) is 6.61 Å². The SMILES string of the molecule is [B][C@H](CN)CO. The lowest BCUT2D eigenvalue weighted by Crippen LogP contribution is -2.11. The summed E-state index contributed by atoms with van der Waals surface area (Å²) < 4.78 is 0. The Morgan fingerprint density at radius 3 is 2.33 bits per heavy atom. The Morgan fingerprint density at radius 1 is 1.83 bits per heavy atom. The second-order valence-electron chi connectivity index (χ2n) is 1.18. The molecule has 0 bridgehead atoms. The maximum Gasteiger partial charge on any atom is 0.0747 e. The molecular weight excluding hydrogens is 76.9 g/mol. The van der Waals surface area contributed by atoms with Gasteiger partial charge >= 0.3 is 0 Å². The molecule has 0 fully saturated rings. The number of hydrogen-bond acceptors (Lipinski definition) is 2. The molecule has 34 valence electrons. The van der Waals surface area contributed by atoms with Gasteiger partial charge in [0.05, 0.1) is 7.85 Å². The Labute approximate surface area is 38.8 Å². The normalized spacial score (nSPS) is 14.3. The van der Waals surface area contributed by atoms with E-state index in [-0.39, 0.29) is 12.4 Å². The van der Waals surface area contributed by atoms with Gasteiger partial charge in [0.15, 0.2) is 0 Å². The average Bonchev–Trinajstić information content (AvgIpc) is 1.65. The van der Waals surface area contributed by atoms with Crippen LogP contribution in [0, 0.1) is 0 Å². The van der Waals surface area contributed by atoms with E-state index in [0.717, 1.165) is 0 Å². The Balaban J connectivity index is 2.75. The summed E-state index contributed by atoms with van der Waals surface area (Å²) in [6.07, 6.45) is 0. The van der Waals surface area contributed by atoms with Crippen LogP contribution >= 0.6 is 0 Å². The number of nitrogens with two attached hydrogens (primary N) is 1. The van der Waals surface area contributed by atoms with E-state index in [2.05, 4.69) is 0 Å². The van der Waals surface area contributed by atoms with Gasteiger partial charge in [-0.2, -0.15) is 0 Å². The molecule has 0 saturated heterocycles. The average molecular weight is 84.9 g/mol. The van der Waals surface area contributed by atoms with E-state index in [1.807, 2.05) is 0 Å². The van der Waals surface area contributed by atoms with Crippen LogP contribution in [0.25, 0.3) is 0 Å². The van der Waals surface area contributed by atoms with Crippen LogP contribution in [-0.2, 0) is 0 Å². The highest BCUT2D eigenvalue weighted by molar-refractivity contribution is 6.11. The van der Waals surface area contributed by atoms with Gasteiger partial charge in [0.25, 0.3) is 0 Å². The third-order valence-electron chi connectivity index (χ3n) is 0.537. The Morgan fingerprint density at radius 2 is 2.33 bits per heavy atom. The molecule has 6 heavy (non-hydrogen) atoms. The van der Waals surface area contributed by atoms with Gasteiger partial charge in [0.2, 0.25) is 0 Å². The fraction of sp³-hybridized carbons (Fsp3) is 1.00. The van der Waals surface area contributed by atoms with Crippen LogP contribution in [0.5, 0.6) is 0 Å². The van der Waals surface area contributed by atoms with Crippen molar-refractivity contribution in [3.63, 3.8) is 0 Å². The van der Waals surface area contributed by atoms with Crippen LogP contribution in [-0.4, -0.2) is 26.1 Å². The van der Waals surface area contributed by atoms with Crippen molar-refractivity contribution in [1.29, 1.82) is 0 Å². The summed E-state index contributed by atoms with van der Waals surface area (Å²) in [6, 6.07) is 0. The predicted octanol–water partition coefficient (Wildman–Crippen LogP) is -1.11. The molecular formula is C3H8BNO. The summed E-state index contributed by atoms with van der Waals surface area (Å²) in [4.78, 5) is 0. The highest BCUT2D eigenvalue weighted by atomic mass is 16.3. The molecule has 1 atom stereocenters. The van der Waals surface area contributed by atoms with Crippen molar-refractivity contribution in [1.82, 2.24) is 0 Å². The second-order valence-corrected chi connectivity index (χ2v) is 1.18. The summed E-state index contributed by atoms with van der Waals surface area (Å²) in [5.41, 5.74) is 5.00. The molecule has 0 aromatic carbocycles. The van der Waals surface area contributed by atoms with Crippen molar-refractivity contribution in [3.05, 3.63) is 0 Å². The predicted molar refractivity (Wildman–Crippen MR) is 25.6 cm³/mol. The van der Waals surface area contributed by atoms with Crippen LogP contribution in [0.1, 0.15) is 0 Å². The molecule has 0 rings (SSSR count). The molecule has 0 spiro atoms. The Bertz CT molecular complexity index is 30.0. The van der Waals surface area contributed by atoms with E-state index in [9.17, 15) is 0 Å². The second kappa shape index (κ2) is 3.19. The Kier molecular flexibility index (Phi) is 3.18. The fourth-order valence-electron chi connectivity index (χ4n) is 0.0745. The zero-order valence-electron chi connectivity index (χ0n) is 3.59. The van der Waals surface area contributed by atoms with Gasteiger partial charge in [-0.3, -0.25) is 0 Å². The fourth-order valence-corrected chi connectivity index (χ4v) is 0.0745. The monoisotopic (exact) mass is 85.1 g/mol. The maximum absolute atomic E-state index is 8.13. The van der Waals surface area contributed by atoms with Crippen LogP contribution in [0.2, 0.25) is 5.82 Å². The first-order valence-corrected chi connectivity index (χ1v) is 1.87. The van der Waals surface area contributed by atoms with Crippen molar-refractivity contribution in [3.8, 4) is 0 Å². The maximum atomic E-state index is 8.13. The van der Waals surface area contributed by atoms with E-state index in [0.29, 0.717) is 6.54 Å². The van der Waals surface area contributed by atoms with Crippen molar-refractivity contribution >= 4 is 7.85 Å². The van der Waals surface area contributed by atoms with E-state index in [4.69, 9.17) is 18.7 Å². The van der Waals surface area contributed by atoms with Crippen molar-refractivity contribution in [2.45, 2.75) is 5.82 Å². The number of hydrogen-bond donors (Lipinski definition) is 2. The first-order chi connectivity index (χ1) is 2.81. The van der Waals surface area contributed by atoms with Gasteiger partial charge < -0.3 is 10.8 Å². The molecule has 0 amide bonds. The van der Waals surface area contributed by atoms with Crippen molar-refractivity contribution < 1.29 is 5.11 Å². The lowest BCUT2D eigenvalue weighted by Gasteiger charge is -1.98. The molecule has 0 aliphatic carbocycles. The Hall–Kier alpha value is -0.0151. The molecule has 0 heterocycles. The molecule has 0 aromatic rings. The smallest absolute Gasteiger partial charge is 0.0747 e. The summed E-state index contributed by atoms with van der Waals surface area (Å²) in [5.74, 6) is -0.231. The van der Waals surface area contributed by atoms with Gasteiger partial charge in [-0.05, 0) is 12.4 Å². The standard InChI is InChI=1S/C3H8BNO/c4-3(1-5)2-6/h3,6H,1-2,5H2/t3-/m1/s1. The van der Waals surface area contributed by atoms with Crippen molar-refractivity contribution in [2.24, 2.45) is 5.73 Å². The van der Waals surface area contributed by atoms with Gasteiger partial charge in [-0.15, -0.1) is 0 Å². The third kappa shape index (κ3) is 2.24. The molecule has 0 unspecified atom stereocenters. The minimum absolute atomic E-state index is 0.0174. The highest BCUT2D eigenvalue weighted by Gasteiger charge is 1.90. The molecule has 0 aliphatic heterocycles. The van der Waals surface area contributed by atoms with Gasteiger partial charge in [0.1, 0.15) is 0 Å². The van der Waals surface area contributed by atoms with E-state index >= 15 is 0 Å². The summed E-state index contributed by atoms with van der Waals surface area (Å²) in [5, 5.41) is 8.13. The molecule has 2 nitrogen and oxygen atoms in total. The van der Waals surface area contributed by atoms with Gasteiger partial charge in [-0.1, -0.05) is 0 Å². The third-order valence-corrected chi connectivity index (χ3v) is 0.537. The number of aliphatic hydroxyl groups is 1. The van der Waals surface area contributed by atoms with Crippen LogP contribution in [0.3, 0.4) is 0 Å². The molecule has 2 radical (unpaired) electrons. The highest BCUT2D eigenvalue weighted by Crippen LogP contribution is 1.87. The first kappa shape index (κ1) is 5.98. The molecule has 3 N–H and O–H groups in total. The lowest BCUT2D eigenvalue weighted by atomic mass is 9.89. The van der Waals surface area contributed by atoms with Gasteiger partial charge in [-0.25, -0.2) is 0 Å². The summed E-state index contributed by atoms with van der Waals surface area (Å²) in [7, 11) is 5.10. The zero-order chi connectivity index (χ0) is 4.99. The molecule has 0 aliphatic rings. The van der Waals surface area contributed by atoms with E-state index in [1.54, 1.807) is 0 Å². The largest absolute Gasteiger partial charge is 0.397 e. The summed E-state index contributed by atoms with van der Waals surface area (Å²) in [6.45, 7) is 0.340. The van der Waals surface area contributed by atoms with E-state index < -0.39 is 0 Å². The molecule has 0 aromatic heterocycles. The first-order valence-electron chi connectivity index (χ1n) is 1.87. The number of rotatable bonds is 2. The minimum Gasteiger partial charge on any atom is -0.397 e. The lowest BCUT2D eigenvalue weighted by molar-refractivity contribution is 0.291. The molecule has 0 saturated carbocycles. The quantitative estimate of drug-likeness (QED) is 0.418. The van der Waals surface area contributed by atoms with Crippen LogP contribution in [0.4, 0.5) is 0 Å². The van der Waals surface area contributed by atoms with Crippen molar-refractivity contribution in [2.75, 3.05) is 13.2 Å².